The van der Waals surface area contributed by atoms with Crippen molar-refractivity contribution in [1.82, 2.24) is 9.97 Å². The average Bonchev–Trinajstić information content (AvgIpc) is 3.29. The van der Waals surface area contributed by atoms with E-state index in [4.69, 9.17) is 4.42 Å². The van der Waals surface area contributed by atoms with Gasteiger partial charge in [-0.05, 0) is 29.8 Å². The van der Waals surface area contributed by atoms with Gasteiger partial charge in [0.25, 0.3) is 11.1 Å². The van der Waals surface area contributed by atoms with E-state index in [-0.39, 0.29) is 5.91 Å². The highest BCUT2D eigenvalue weighted by molar-refractivity contribution is 7.98. The van der Waals surface area contributed by atoms with Gasteiger partial charge in [-0.25, -0.2) is 9.97 Å². The number of carbonyl (C=O) groups excluding carboxylic acids is 1. The van der Waals surface area contributed by atoms with Gasteiger partial charge in [-0.3, -0.25) is 10.1 Å². The number of nitrogens with one attached hydrogen (secondary N) is 1. The SMILES string of the molecule is O=C(Nc1nccs1)c1ccc(CSc2nc3ccccc3o2)cc1. The molecule has 0 aliphatic carbocycles. The van der Waals surface area contributed by atoms with E-state index in [2.05, 4.69) is 15.3 Å². The maximum Gasteiger partial charge on any atom is 0.257 e. The molecule has 0 aliphatic rings. The number of rotatable bonds is 5. The molecule has 5 nitrogen and oxygen atoms in total. The minimum absolute atomic E-state index is 0.159. The van der Waals surface area contributed by atoms with Crippen LogP contribution in [-0.4, -0.2) is 15.9 Å². The fourth-order valence-corrected chi connectivity index (χ4v) is 3.58. The van der Waals surface area contributed by atoms with E-state index >= 15 is 0 Å². The number of amides is 1. The summed E-state index contributed by atoms with van der Waals surface area (Å²) in [5.41, 5.74) is 3.35. The normalized spacial score (nSPS) is 10.9. The number of hydrogen-bond donors (Lipinski definition) is 1. The number of carbonyl (C=O) groups is 1. The minimum atomic E-state index is -0.159. The van der Waals surface area contributed by atoms with Crippen LogP contribution in [0.4, 0.5) is 5.13 Å². The fraction of sp³-hybridized carbons (Fsp3) is 0.0556. The molecule has 0 saturated carbocycles. The van der Waals surface area contributed by atoms with Crippen LogP contribution in [0.15, 0.2) is 69.7 Å². The van der Waals surface area contributed by atoms with Gasteiger partial charge in [0.15, 0.2) is 10.7 Å². The first-order valence-corrected chi connectivity index (χ1v) is 9.42. The molecule has 4 aromatic rings. The molecule has 0 fully saturated rings. The van der Waals surface area contributed by atoms with Crippen LogP contribution in [0.1, 0.15) is 15.9 Å². The van der Waals surface area contributed by atoms with Gasteiger partial charge < -0.3 is 4.42 Å². The number of thiazole rings is 1. The summed E-state index contributed by atoms with van der Waals surface area (Å²) in [4.78, 5) is 20.6. The van der Waals surface area contributed by atoms with Crippen molar-refractivity contribution in [2.75, 3.05) is 5.32 Å². The molecule has 1 amide bonds. The van der Waals surface area contributed by atoms with Gasteiger partial charge in [0.1, 0.15) is 5.52 Å². The summed E-state index contributed by atoms with van der Waals surface area (Å²) in [5, 5.41) is 5.83. The van der Waals surface area contributed by atoms with Crippen LogP contribution < -0.4 is 5.32 Å². The smallest absolute Gasteiger partial charge is 0.257 e. The Bertz CT molecular complexity index is 962. The van der Waals surface area contributed by atoms with E-state index < -0.39 is 0 Å². The number of oxazole rings is 1. The van der Waals surface area contributed by atoms with Gasteiger partial charge in [0.05, 0.1) is 0 Å². The van der Waals surface area contributed by atoms with Crippen LogP contribution in [-0.2, 0) is 5.75 Å². The van der Waals surface area contributed by atoms with E-state index in [1.165, 1.54) is 23.1 Å². The second-order valence-electron chi connectivity index (χ2n) is 5.22. The van der Waals surface area contributed by atoms with E-state index in [9.17, 15) is 4.79 Å². The highest BCUT2D eigenvalue weighted by atomic mass is 32.2. The molecule has 2 aromatic carbocycles. The molecule has 0 spiro atoms. The molecule has 7 heteroatoms. The number of aromatic nitrogens is 2. The van der Waals surface area contributed by atoms with Crippen molar-refractivity contribution in [3.8, 4) is 0 Å². The third kappa shape index (κ3) is 3.72. The number of benzene rings is 2. The monoisotopic (exact) mass is 367 g/mol. The zero-order valence-corrected chi connectivity index (χ0v) is 14.6. The van der Waals surface area contributed by atoms with E-state index in [0.29, 0.717) is 15.9 Å². The number of nitrogens with zero attached hydrogens (tertiary/aromatic N) is 2. The largest absolute Gasteiger partial charge is 0.431 e. The number of para-hydroxylation sites is 2. The molecule has 2 aromatic heterocycles. The number of thioether (sulfide) groups is 1. The molecule has 124 valence electrons. The molecule has 0 atom stereocenters. The summed E-state index contributed by atoms with van der Waals surface area (Å²) in [6, 6.07) is 15.2. The zero-order chi connectivity index (χ0) is 17.1. The van der Waals surface area contributed by atoms with Gasteiger partial charge >= 0.3 is 0 Å². The third-order valence-electron chi connectivity index (χ3n) is 3.51. The van der Waals surface area contributed by atoms with Gasteiger partial charge in [-0.2, -0.15) is 0 Å². The molecule has 1 N–H and O–H groups in total. The Morgan fingerprint density at radius 1 is 1.16 bits per heavy atom. The van der Waals surface area contributed by atoms with Crippen molar-refractivity contribution in [1.29, 1.82) is 0 Å². The molecular formula is C18H13N3O2S2. The standard InChI is InChI=1S/C18H13N3O2S2/c22-16(21-17-19-9-10-24-17)13-7-5-12(6-8-13)11-25-18-20-14-3-1-2-4-15(14)23-18/h1-10H,11H2,(H,19,21,22). The summed E-state index contributed by atoms with van der Waals surface area (Å²) in [6.45, 7) is 0. The number of hydrogen-bond acceptors (Lipinski definition) is 6. The number of anilines is 1. The average molecular weight is 367 g/mol. The summed E-state index contributed by atoms with van der Waals surface area (Å²) in [7, 11) is 0. The number of fused-ring (bicyclic) bond motifs is 1. The lowest BCUT2D eigenvalue weighted by Crippen LogP contribution is -2.11. The molecule has 0 unspecified atom stereocenters. The van der Waals surface area contributed by atoms with Crippen LogP contribution >= 0.6 is 23.1 Å². The molecule has 0 aliphatic heterocycles. The molecule has 2 heterocycles. The predicted molar refractivity (Wildman–Crippen MR) is 100 cm³/mol. The summed E-state index contributed by atoms with van der Waals surface area (Å²) in [5.74, 6) is 0.564. The Morgan fingerprint density at radius 3 is 2.76 bits per heavy atom. The van der Waals surface area contributed by atoms with Gasteiger partial charge in [0.2, 0.25) is 0 Å². The lowest BCUT2D eigenvalue weighted by molar-refractivity contribution is 0.102. The summed E-state index contributed by atoms with van der Waals surface area (Å²) < 4.78 is 5.69. The Hall–Kier alpha value is -2.64. The minimum Gasteiger partial charge on any atom is -0.431 e. The second kappa shape index (κ2) is 7.08. The molecule has 0 saturated heterocycles. The van der Waals surface area contributed by atoms with Gasteiger partial charge in [-0.15, -0.1) is 11.3 Å². The molecule has 0 bridgehead atoms. The van der Waals surface area contributed by atoms with E-state index in [0.717, 1.165) is 22.4 Å². The van der Waals surface area contributed by atoms with Crippen LogP contribution in [0, 0.1) is 0 Å². The van der Waals surface area contributed by atoms with Crippen molar-refractivity contribution in [3.05, 3.63) is 71.2 Å². The first-order chi connectivity index (χ1) is 12.3. The quantitative estimate of drug-likeness (QED) is 0.512. The van der Waals surface area contributed by atoms with Crippen LogP contribution in [0.3, 0.4) is 0 Å². The zero-order valence-electron chi connectivity index (χ0n) is 13.0. The molecular weight excluding hydrogens is 354 g/mol. The van der Waals surface area contributed by atoms with Gasteiger partial charge in [-0.1, -0.05) is 36.0 Å². The highest BCUT2D eigenvalue weighted by Gasteiger charge is 2.09. The van der Waals surface area contributed by atoms with Crippen LogP contribution in [0.2, 0.25) is 0 Å². The van der Waals surface area contributed by atoms with Crippen molar-refractivity contribution in [2.24, 2.45) is 0 Å². The van der Waals surface area contributed by atoms with E-state index in [1.807, 2.05) is 53.9 Å². The Morgan fingerprint density at radius 2 is 2.00 bits per heavy atom. The molecule has 0 radical (unpaired) electrons. The first kappa shape index (κ1) is 15.9. The summed E-state index contributed by atoms with van der Waals surface area (Å²) in [6.07, 6.45) is 1.66. The topological polar surface area (TPSA) is 68.0 Å². The lowest BCUT2D eigenvalue weighted by Gasteiger charge is -2.03. The third-order valence-corrected chi connectivity index (χ3v) is 5.09. The highest BCUT2D eigenvalue weighted by Crippen LogP contribution is 2.26. The Labute approximate surface area is 152 Å². The van der Waals surface area contributed by atoms with Crippen LogP contribution in [0.5, 0.6) is 0 Å². The van der Waals surface area contributed by atoms with Crippen molar-refractivity contribution >= 4 is 45.2 Å². The summed E-state index contributed by atoms with van der Waals surface area (Å²) >= 11 is 2.92. The van der Waals surface area contributed by atoms with Gasteiger partial charge in [0, 0.05) is 22.9 Å². The Kier molecular flexibility index (Phi) is 4.49. The molecule has 25 heavy (non-hydrogen) atoms. The van der Waals surface area contributed by atoms with E-state index in [1.54, 1.807) is 6.20 Å². The van der Waals surface area contributed by atoms with Crippen molar-refractivity contribution in [3.63, 3.8) is 0 Å². The van der Waals surface area contributed by atoms with Crippen LogP contribution in [0.25, 0.3) is 11.1 Å². The second-order valence-corrected chi connectivity index (χ2v) is 7.05. The molecule has 4 rings (SSSR count). The maximum absolute atomic E-state index is 12.1. The van der Waals surface area contributed by atoms with Crippen molar-refractivity contribution in [2.45, 2.75) is 11.0 Å². The Balaban J connectivity index is 1.39. The first-order valence-electron chi connectivity index (χ1n) is 7.56. The van der Waals surface area contributed by atoms with Crippen molar-refractivity contribution < 1.29 is 9.21 Å². The maximum atomic E-state index is 12.1. The fourth-order valence-electron chi connectivity index (χ4n) is 2.26. The predicted octanol–water partition coefficient (Wildman–Crippen LogP) is 4.83. The lowest BCUT2D eigenvalue weighted by atomic mass is 10.1.